The molecule has 0 saturated carbocycles. The van der Waals surface area contributed by atoms with Gasteiger partial charge >= 0.3 is 5.69 Å². The predicted octanol–water partition coefficient (Wildman–Crippen LogP) is 7.56. The average molecular weight is 840 g/mol. The number of benzene rings is 3. The van der Waals surface area contributed by atoms with Gasteiger partial charge in [0, 0.05) is 73.7 Å². The Kier molecular flexibility index (Phi) is 11.4. The maximum atomic E-state index is 13.8. The first kappa shape index (κ1) is 40.3. The first-order valence-corrected chi connectivity index (χ1v) is 21.6. The summed E-state index contributed by atoms with van der Waals surface area (Å²) in [4.78, 5) is 36.8. The van der Waals surface area contributed by atoms with Gasteiger partial charge < -0.3 is 24.7 Å². The Balaban J connectivity index is 1.02. The van der Waals surface area contributed by atoms with E-state index in [9.17, 15) is 23.3 Å². The first-order chi connectivity index (χ1) is 28.3. The molecule has 16 heteroatoms. The van der Waals surface area contributed by atoms with Gasteiger partial charge in [0.25, 0.3) is 15.9 Å². The summed E-state index contributed by atoms with van der Waals surface area (Å²) >= 11 is 6.23. The number of nitrogens with zero attached hydrogens (tertiary/aromatic N) is 4. The molecule has 1 amide bonds. The van der Waals surface area contributed by atoms with Crippen LogP contribution in [0, 0.1) is 15.5 Å². The van der Waals surface area contributed by atoms with Gasteiger partial charge in [-0.05, 0) is 97.3 Å². The highest BCUT2D eigenvalue weighted by Gasteiger charge is 2.31. The monoisotopic (exact) mass is 839 g/mol. The topological polar surface area (TPSA) is 172 Å². The molecule has 2 saturated heterocycles. The molecular weight excluding hydrogens is 794 g/mol. The van der Waals surface area contributed by atoms with Gasteiger partial charge in [-0.15, -0.1) is 0 Å². The standard InChI is InChI=1S/C43H46ClN7O7S/c1-43(2)14-11-30(37(24-43)28-3-5-31(44)6-4-28)27-49-17-19-50(20-18-49)32-7-9-36(40(22-32)58-34-21-29-12-16-46-41(29)47-26-34)42(52)48-59(55,56)35-8-10-39(38(23-35)51(53)54)57-33-13-15-45-25-33/h3-10,12,16,21-23,26,33,45H,11,13-15,17-20,24-25,27H2,1-2H3,(H,46,47)(H,48,52). The van der Waals surface area contributed by atoms with Crippen LogP contribution in [0.5, 0.6) is 17.2 Å². The van der Waals surface area contributed by atoms with Gasteiger partial charge in [-0.3, -0.25) is 19.8 Å². The third kappa shape index (κ3) is 9.23. The van der Waals surface area contributed by atoms with Gasteiger partial charge in [0.05, 0.1) is 21.6 Å². The number of H-pyrrole nitrogens is 1. The number of nitro benzene ring substituents is 1. The van der Waals surface area contributed by atoms with Crippen molar-refractivity contribution in [1.29, 1.82) is 0 Å². The number of rotatable bonds is 12. The van der Waals surface area contributed by atoms with Crippen molar-refractivity contribution in [3.63, 3.8) is 0 Å². The summed E-state index contributed by atoms with van der Waals surface area (Å²) in [6.45, 7) is 9.86. The molecule has 2 aromatic heterocycles. The molecule has 14 nitrogen and oxygen atoms in total. The van der Waals surface area contributed by atoms with Crippen LogP contribution in [-0.4, -0.2) is 86.0 Å². The molecule has 1 atom stereocenters. The lowest BCUT2D eigenvalue weighted by atomic mass is 9.72. The van der Waals surface area contributed by atoms with Gasteiger partial charge in [0.1, 0.15) is 23.3 Å². The quantitative estimate of drug-likeness (QED) is 0.0837. The first-order valence-electron chi connectivity index (χ1n) is 19.7. The van der Waals surface area contributed by atoms with Crippen LogP contribution in [0.15, 0.2) is 95.7 Å². The van der Waals surface area contributed by atoms with Crippen molar-refractivity contribution in [2.24, 2.45) is 5.41 Å². The van der Waals surface area contributed by atoms with Crippen LogP contribution in [-0.2, 0) is 10.0 Å². The van der Waals surface area contributed by atoms with E-state index in [1.807, 2.05) is 18.2 Å². The number of aromatic amines is 1. The summed E-state index contributed by atoms with van der Waals surface area (Å²) in [6.07, 6.45) is 6.84. The zero-order valence-electron chi connectivity index (χ0n) is 32.9. The van der Waals surface area contributed by atoms with Gasteiger partial charge in [-0.25, -0.2) is 18.1 Å². The fourth-order valence-corrected chi connectivity index (χ4v) is 9.14. The molecular formula is C43H46ClN7O7S. The van der Waals surface area contributed by atoms with Gasteiger partial charge in [0.15, 0.2) is 5.75 Å². The number of carbonyl (C=O) groups excluding carboxylic acids is 1. The molecule has 0 radical (unpaired) electrons. The number of sulfonamides is 1. The molecule has 0 spiro atoms. The zero-order chi connectivity index (χ0) is 41.3. The molecule has 1 unspecified atom stereocenters. The summed E-state index contributed by atoms with van der Waals surface area (Å²) in [6, 6.07) is 20.1. The van der Waals surface area contributed by atoms with E-state index in [0.717, 1.165) is 74.1 Å². The number of allylic oxidation sites excluding steroid dienone is 1. The SMILES string of the molecule is CC1(C)CCC(CN2CCN(c3ccc(C(=O)NS(=O)(=O)c4ccc(OC5CCNC5)c([N+](=O)[O-])c4)c(Oc4cnc5[nH]ccc5c4)c3)CC2)=C(c2ccc(Cl)cc2)C1. The van der Waals surface area contributed by atoms with Gasteiger partial charge in [0.2, 0.25) is 0 Å². The lowest BCUT2D eigenvalue weighted by Crippen LogP contribution is -2.47. The second-order valence-electron chi connectivity index (χ2n) is 16.1. The predicted molar refractivity (Wildman–Crippen MR) is 227 cm³/mol. The molecule has 2 aliphatic heterocycles. The van der Waals surface area contributed by atoms with Crippen molar-refractivity contribution in [2.45, 2.75) is 50.5 Å². The summed E-state index contributed by atoms with van der Waals surface area (Å²) in [5.74, 6) is -0.545. The number of fused-ring (bicyclic) bond motifs is 1. The minimum atomic E-state index is -4.57. The molecule has 3 N–H and O–H groups in total. The average Bonchev–Trinajstić information content (AvgIpc) is 3.91. The highest BCUT2D eigenvalue weighted by Crippen LogP contribution is 2.43. The highest BCUT2D eigenvalue weighted by atomic mass is 35.5. The molecule has 4 heterocycles. The second kappa shape index (κ2) is 16.6. The number of carbonyl (C=O) groups is 1. The number of pyridine rings is 1. The summed E-state index contributed by atoms with van der Waals surface area (Å²) in [5.41, 5.74) is 5.23. The van der Waals surface area contributed by atoms with Crippen LogP contribution in [0.1, 0.15) is 55.5 Å². The van der Waals surface area contributed by atoms with Crippen molar-refractivity contribution in [3.05, 3.63) is 117 Å². The van der Waals surface area contributed by atoms with Crippen LogP contribution < -0.4 is 24.4 Å². The lowest BCUT2D eigenvalue weighted by molar-refractivity contribution is -0.386. The number of nitrogens with one attached hydrogen (secondary N) is 3. The minimum absolute atomic E-state index is 0.0461. The van der Waals surface area contributed by atoms with Crippen LogP contribution >= 0.6 is 11.6 Å². The number of anilines is 1. The Bertz CT molecular complexity index is 2530. The molecule has 5 aromatic rings. The number of halogens is 1. The molecule has 3 aliphatic rings. The van der Waals surface area contributed by atoms with Crippen molar-refractivity contribution < 1.29 is 27.6 Å². The Morgan fingerprint density at radius 2 is 1.83 bits per heavy atom. The smallest absolute Gasteiger partial charge is 0.312 e. The second-order valence-corrected chi connectivity index (χ2v) is 18.2. The van der Waals surface area contributed by atoms with Crippen molar-refractivity contribution in [3.8, 4) is 17.2 Å². The maximum Gasteiger partial charge on any atom is 0.312 e. The van der Waals surface area contributed by atoms with E-state index in [4.69, 9.17) is 21.1 Å². The molecule has 8 rings (SSSR count). The minimum Gasteiger partial charge on any atom is -0.482 e. The Hall–Kier alpha value is -5.48. The maximum absolute atomic E-state index is 13.8. The molecule has 59 heavy (non-hydrogen) atoms. The fourth-order valence-electron chi connectivity index (χ4n) is 8.03. The Morgan fingerprint density at radius 1 is 1.03 bits per heavy atom. The molecule has 1 aliphatic carbocycles. The number of amides is 1. The molecule has 0 bridgehead atoms. The third-order valence-corrected chi connectivity index (χ3v) is 12.9. The molecule has 3 aromatic carbocycles. The van der Waals surface area contributed by atoms with E-state index in [1.165, 1.54) is 41.1 Å². The lowest BCUT2D eigenvalue weighted by Gasteiger charge is -2.39. The van der Waals surface area contributed by atoms with E-state index in [2.05, 4.69) is 55.8 Å². The van der Waals surface area contributed by atoms with E-state index < -0.39 is 31.4 Å². The van der Waals surface area contributed by atoms with Gasteiger partial charge in [-0.1, -0.05) is 43.2 Å². The van der Waals surface area contributed by atoms with Crippen LogP contribution in [0.25, 0.3) is 16.6 Å². The summed E-state index contributed by atoms with van der Waals surface area (Å²) in [5, 5.41) is 16.6. The number of hydrogen-bond donors (Lipinski definition) is 3. The van der Waals surface area contributed by atoms with E-state index in [0.29, 0.717) is 30.9 Å². The van der Waals surface area contributed by atoms with Crippen LogP contribution in [0.3, 0.4) is 0 Å². The van der Waals surface area contributed by atoms with Crippen LogP contribution in [0.4, 0.5) is 11.4 Å². The highest BCUT2D eigenvalue weighted by molar-refractivity contribution is 7.90. The van der Waals surface area contributed by atoms with Gasteiger partial charge in [-0.2, -0.15) is 0 Å². The van der Waals surface area contributed by atoms with Crippen molar-refractivity contribution in [1.82, 2.24) is 24.9 Å². The normalized spacial score (nSPS) is 18.6. The number of piperazine rings is 1. The van der Waals surface area contributed by atoms with Crippen molar-refractivity contribution >= 4 is 55.5 Å². The van der Waals surface area contributed by atoms with Crippen molar-refractivity contribution in [2.75, 3.05) is 50.7 Å². The molecule has 2 fully saturated rings. The number of aromatic nitrogens is 2. The summed E-state index contributed by atoms with van der Waals surface area (Å²) in [7, 11) is -4.57. The van der Waals surface area contributed by atoms with Crippen LogP contribution in [0.2, 0.25) is 5.02 Å². The third-order valence-electron chi connectivity index (χ3n) is 11.3. The fraction of sp³-hybridized carbons (Fsp3) is 0.349. The Morgan fingerprint density at radius 3 is 2.58 bits per heavy atom. The van der Waals surface area contributed by atoms with E-state index in [1.54, 1.807) is 24.4 Å². The molecule has 308 valence electrons. The summed E-state index contributed by atoms with van der Waals surface area (Å²) < 4.78 is 41.3. The number of ether oxygens (including phenoxy) is 2. The Labute approximate surface area is 347 Å². The van der Waals surface area contributed by atoms with E-state index in [-0.39, 0.29) is 28.6 Å². The number of nitro groups is 1. The number of hydrogen-bond acceptors (Lipinski definition) is 11. The zero-order valence-corrected chi connectivity index (χ0v) is 34.4. The van der Waals surface area contributed by atoms with E-state index >= 15 is 0 Å². The largest absolute Gasteiger partial charge is 0.482 e.